The summed E-state index contributed by atoms with van der Waals surface area (Å²) in [5.41, 5.74) is 5.75. The zero-order chi connectivity index (χ0) is 15.5. The van der Waals surface area contributed by atoms with Crippen molar-refractivity contribution >= 4 is 23.2 Å². The van der Waals surface area contributed by atoms with Gasteiger partial charge in [-0.25, -0.2) is 0 Å². The van der Waals surface area contributed by atoms with Gasteiger partial charge in [-0.3, -0.25) is 20.6 Å². The van der Waals surface area contributed by atoms with Gasteiger partial charge in [-0.05, 0) is 50.4 Å². The Kier molecular flexibility index (Phi) is 8.30. The Balaban J connectivity index is 2.15. The van der Waals surface area contributed by atoms with Crippen LogP contribution in [-0.4, -0.2) is 47.1 Å². The number of hydrazine groups is 1. The van der Waals surface area contributed by atoms with Crippen molar-refractivity contribution in [2.24, 2.45) is 0 Å². The molecule has 0 atom stereocenters. The molecule has 116 valence electrons. The molecule has 1 aromatic heterocycles. The van der Waals surface area contributed by atoms with Gasteiger partial charge in [0, 0.05) is 24.5 Å². The third-order valence-electron chi connectivity index (χ3n) is 3.06. The molecule has 0 radical (unpaired) electrons. The van der Waals surface area contributed by atoms with Gasteiger partial charge in [-0.1, -0.05) is 13.8 Å². The molecule has 1 rings (SSSR count). The van der Waals surface area contributed by atoms with Gasteiger partial charge >= 0.3 is 0 Å². The lowest BCUT2D eigenvalue weighted by molar-refractivity contribution is 0.0943. The van der Waals surface area contributed by atoms with E-state index in [4.69, 9.17) is 12.2 Å². The number of amides is 1. The summed E-state index contributed by atoms with van der Waals surface area (Å²) in [7, 11) is 0. The van der Waals surface area contributed by atoms with Crippen LogP contribution in [-0.2, 0) is 0 Å². The average Bonchev–Trinajstić information content (AvgIpc) is 2.53. The fourth-order valence-electron chi connectivity index (χ4n) is 1.78. The number of nitrogens with one attached hydrogen (secondary N) is 3. The van der Waals surface area contributed by atoms with Crippen molar-refractivity contribution in [3.05, 3.63) is 30.1 Å². The first-order valence-electron chi connectivity index (χ1n) is 7.14. The average molecular weight is 309 g/mol. The summed E-state index contributed by atoms with van der Waals surface area (Å²) in [5.74, 6) is -0.246. The lowest BCUT2D eigenvalue weighted by Crippen LogP contribution is -2.47. The molecule has 0 saturated carbocycles. The van der Waals surface area contributed by atoms with E-state index in [1.807, 2.05) is 0 Å². The number of rotatable bonds is 7. The molecule has 1 aromatic rings. The first-order chi connectivity index (χ1) is 10.2. The molecule has 3 N–H and O–H groups in total. The lowest BCUT2D eigenvalue weighted by Gasteiger charge is -2.18. The summed E-state index contributed by atoms with van der Waals surface area (Å²) in [6.07, 6.45) is 4.14. The summed E-state index contributed by atoms with van der Waals surface area (Å²) >= 11 is 5.10. The van der Waals surface area contributed by atoms with Crippen molar-refractivity contribution in [1.29, 1.82) is 0 Å². The van der Waals surface area contributed by atoms with Crippen molar-refractivity contribution in [2.75, 3.05) is 26.2 Å². The fourth-order valence-corrected chi connectivity index (χ4v) is 1.93. The van der Waals surface area contributed by atoms with Crippen molar-refractivity contribution in [1.82, 2.24) is 26.1 Å². The third kappa shape index (κ3) is 7.01. The van der Waals surface area contributed by atoms with Crippen molar-refractivity contribution in [3.63, 3.8) is 0 Å². The molecule has 0 saturated heterocycles. The number of nitrogens with zero attached hydrogens (tertiary/aromatic N) is 2. The van der Waals surface area contributed by atoms with Crippen LogP contribution in [0.2, 0.25) is 0 Å². The fraction of sp³-hybridized carbons (Fsp3) is 0.500. The number of thiocarbonyl (C=S) groups is 1. The van der Waals surface area contributed by atoms with Gasteiger partial charge in [-0.2, -0.15) is 0 Å². The van der Waals surface area contributed by atoms with Crippen LogP contribution >= 0.6 is 12.2 Å². The van der Waals surface area contributed by atoms with Crippen LogP contribution in [0.1, 0.15) is 30.6 Å². The van der Waals surface area contributed by atoms with Crippen LogP contribution in [0.15, 0.2) is 24.5 Å². The summed E-state index contributed by atoms with van der Waals surface area (Å²) in [6, 6.07) is 3.27. The molecular formula is C14H23N5OS. The van der Waals surface area contributed by atoms with E-state index in [1.165, 1.54) is 0 Å². The molecule has 7 heteroatoms. The number of hydrogen-bond acceptors (Lipinski definition) is 4. The first-order valence-corrected chi connectivity index (χ1v) is 7.54. The Morgan fingerprint density at radius 2 is 1.90 bits per heavy atom. The van der Waals surface area contributed by atoms with Crippen LogP contribution in [0.4, 0.5) is 0 Å². The van der Waals surface area contributed by atoms with E-state index < -0.39 is 0 Å². The number of hydrogen-bond donors (Lipinski definition) is 3. The summed E-state index contributed by atoms with van der Waals surface area (Å²) in [5, 5.41) is 3.47. The van der Waals surface area contributed by atoms with Crippen LogP contribution in [0, 0.1) is 0 Å². The third-order valence-corrected chi connectivity index (χ3v) is 3.31. The Morgan fingerprint density at radius 3 is 2.52 bits per heavy atom. The largest absolute Gasteiger partial charge is 0.361 e. The number of carbonyl (C=O) groups is 1. The van der Waals surface area contributed by atoms with E-state index in [0.29, 0.717) is 10.7 Å². The predicted molar refractivity (Wildman–Crippen MR) is 87.8 cm³/mol. The second-order valence-corrected chi connectivity index (χ2v) is 4.86. The van der Waals surface area contributed by atoms with E-state index in [-0.39, 0.29) is 5.91 Å². The first kappa shape index (κ1) is 17.3. The molecule has 6 nitrogen and oxygen atoms in total. The monoisotopic (exact) mass is 309 g/mol. The summed E-state index contributed by atoms with van der Waals surface area (Å²) in [6.45, 7) is 8.22. The SMILES string of the molecule is CCN(CC)CCCNC(=S)NNC(=O)c1ccncc1. The topological polar surface area (TPSA) is 69.3 Å². The van der Waals surface area contributed by atoms with Gasteiger partial charge < -0.3 is 10.2 Å². The summed E-state index contributed by atoms with van der Waals surface area (Å²) < 4.78 is 0. The minimum atomic E-state index is -0.246. The molecule has 0 fully saturated rings. The molecule has 0 aliphatic rings. The van der Waals surface area contributed by atoms with Crippen LogP contribution < -0.4 is 16.2 Å². The van der Waals surface area contributed by atoms with E-state index in [0.717, 1.165) is 32.6 Å². The molecule has 0 aliphatic carbocycles. The Bertz CT molecular complexity index is 436. The maximum absolute atomic E-state index is 11.8. The maximum Gasteiger partial charge on any atom is 0.269 e. The number of pyridine rings is 1. The molecule has 0 unspecified atom stereocenters. The predicted octanol–water partition coefficient (Wildman–Crippen LogP) is 0.922. The van der Waals surface area contributed by atoms with E-state index >= 15 is 0 Å². The molecule has 0 bridgehead atoms. The van der Waals surface area contributed by atoms with Crippen molar-refractivity contribution in [2.45, 2.75) is 20.3 Å². The van der Waals surface area contributed by atoms with Gasteiger partial charge in [0.1, 0.15) is 0 Å². The maximum atomic E-state index is 11.8. The minimum Gasteiger partial charge on any atom is -0.361 e. The summed E-state index contributed by atoms with van der Waals surface area (Å²) in [4.78, 5) is 18.0. The van der Waals surface area contributed by atoms with E-state index in [2.05, 4.69) is 39.9 Å². The zero-order valence-corrected chi connectivity index (χ0v) is 13.4. The second kappa shape index (κ2) is 10.1. The zero-order valence-electron chi connectivity index (χ0n) is 12.6. The lowest BCUT2D eigenvalue weighted by atomic mass is 10.3. The molecule has 0 aliphatic heterocycles. The quantitative estimate of drug-likeness (QED) is 0.395. The molecule has 1 amide bonds. The molecule has 0 spiro atoms. The molecule has 0 aromatic carbocycles. The highest BCUT2D eigenvalue weighted by molar-refractivity contribution is 7.80. The normalized spacial score (nSPS) is 10.2. The van der Waals surface area contributed by atoms with Crippen LogP contribution in [0.3, 0.4) is 0 Å². The van der Waals surface area contributed by atoms with Gasteiger partial charge in [0.25, 0.3) is 5.91 Å². The Hall–Kier alpha value is -1.73. The van der Waals surface area contributed by atoms with E-state index in [1.54, 1.807) is 24.5 Å². The van der Waals surface area contributed by atoms with Crippen LogP contribution in [0.5, 0.6) is 0 Å². The second-order valence-electron chi connectivity index (χ2n) is 4.45. The standard InChI is InChI=1S/C14H23N5OS/c1-3-19(4-2)11-5-8-16-14(21)18-17-13(20)12-6-9-15-10-7-12/h6-7,9-10H,3-5,8,11H2,1-2H3,(H,17,20)(H2,16,18,21). The smallest absolute Gasteiger partial charge is 0.269 e. The molecular weight excluding hydrogens is 286 g/mol. The van der Waals surface area contributed by atoms with Crippen molar-refractivity contribution < 1.29 is 4.79 Å². The number of carbonyl (C=O) groups excluding carboxylic acids is 1. The van der Waals surface area contributed by atoms with Gasteiger partial charge in [0.05, 0.1) is 0 Å². The highest BCUT2D eigenvalue weighted by Crippen LogP contribution is 1.94. The number of aromatic nitrogens is 1. The molecule has 21 heavy (non-hydrogen) atoms. The highest BCUT2D eigenvalue weighted by Gasteiger charge is 2.04. The highest BCUT2D eigenvalue weighted by atomic mass is 32.1. The van der Waals surface area contributed by atoms with Gasteiger partial charge in [0.15, 0.2) is 5.11 Å². The van der Waals surface area contributed by atoms with Gasteiger partial charge in [-0.15, -0.1) is 0 Å². The van der Waals surface area contributed by atoms with Crippen molar-refractivity contribution in [3.8, 4) is 0 Å². The Morgan fingerprint density at radius 1 is 1.24 bits per heavy atom. The van der Waals surface area contributed by atoms with Crippen LogP contribution in [0.25, 0.3) is 0 Å². The minimum absolute atomic E-state index is 0.246. The van der Waals surface area contributed by atoms with E-state index in [9.17, 15) is 4.79 Å². The molecule has 1 heterocycles. The van der Waals surface area contributed by atoms with Gasteiger partial charge in [0.2, 0.25) is 0 Å². The Labute approximate surface area is 131 Å².